The third kappa shape index (κ3) is 7.59. The van der Waals surface area contributed by atoms with E-state index >= 15 is 4.39 Å². The largest absolute Gasteiger partial charge is 0.481 e. The van der Waals surface area contributed by atoms with Crippen LogP contribution < -0.4 is 15.0 Å². The zero-order valence-electron chi connectivity index (χ0n) is 25.9. The number of anilines is 3. The predicted molar refractivity (Wildman–Crippen MR) is 165 cm³/mol. The molecule has 0 radical (unpaired) electrons. The molecule has 238 valence electrons. The molecule has 0 saturated carbocycles. The lowest BCUT2D eigenvalue weighted by atomic mass is 10.0. The van der Waals surface area contributed by atoms with E-state index in [4.69, 9.17) is 9.47 Å². The molecule has 4 rings (SSSR count). The number of amides is 1. The summed E-state index contributed by atoms with van der Waals surface area (Å²) < 4.78 is 52.3. The smallest absolute Gasteiger partial charge is 0.313 e. The molecule has 1 N–H and O–H groups in total. The molecule has 4 aromatic rings. The summed E-state index contributed by atoms with van der Waals surface area (Å²) in [5, 5.41) is 3.67. The third-order valence-corrected chi connectivity index (χ3v) is 7.17. The molecular weight excluding hydrogens is 589 g/mol. The Morgan fingerprint density at radius 3 is 2.40 bits per heavy atom. The minimum Gasteiger partial charge on any atom is -0.481 e. The number of nitrogens with one attached hydrogen (secondary N) is 1. The van der Waals surface area contributed by atoms with Crippen molar-refractivity contribution in [2.24, 2.45) is 0 Å². The molecule has 0 saturated heterocycles. The molecule has 1 atom stereocenters. The number of halogens is 3. The van der Waals surface area contributed by atoms with Gasteiger partial charge in [0.25, 0.3) is 6.43 Å². The molecule has 1 amide bonds. The maximum absolute atomic E-state index is 15.0. The minimum absolute atomic E-state index is 0.0314. The quantitative estimate of drug-likeness (QED) is 0.196. The number of rotatable bonds is 12. The maximum Gasteiger partial charge on any atom is 0.313 e. The lowest BCUT2D eigenvalue weighted by Crippen LogP contribution is -2.24. The molecular formula is C32H35F3N6O4. The number of carbonyl (C=O) groups excluding carboxylic acids is 2. The molecule has 0 aliphatic carbocycles. The normalized spacial score (nSPS) is 11.8. The average molecular weight is 625 g/mol. The number of hydrogen-bond acceptors (Lipinski definition) is 9. The maximum atomic E-state index is 15.0. The van der Waals surface area contributed by atoms with E-state index in [1.54, 1.807) is 46.3 Å². The highest BCUT2D eigenvalue weighted by atomic mass is 19.3. The zero-order valence-corrected chi connectivity index (χ0v) is 25.9. The second-order valence-corrected chi connectivity index (χ2v) is 10.5. The van der Waals surface area contributed by atoms with Gasteiger partial charge in [-0.15, -0.1) is 0 Å². The van der Waals surface area contributed by atoms with Crippen molar-refractivity contribution in [3.8, 4) is 5.88 Å². The highest BCUT2D eigenvalue weighted by Gasteiger charge is 2.22. The second kappa shape index (κ2) is 14.2. The summed E-state index contributed by atoms with van der Waals surface area (Å²) in [6.45, 7) is 3.51. The number of benzene rings is 2. The van der Waals surface area contributed by atoms with Crippen LogP contribution in [-0.4, -0.2) is 66.6 Å². The van der Waals surface area contributed by atoms with Gasteiger partial charge < -0.3 is 24.6 Å². The first kappa shape index (κ1) is 33.0. The van der Waals surface area contributed by atoms with Gasteiger partial charge in [-0.25, -0.2) is 28.1 Å². The second-order valence-electron chi connectivity index (χ2n) is 10.5. The van der Waals surface area contributed by atoms with Crippen molar-refractivity contribution in [2.75, 3.05) is 45.1 Å². The summed E-state index contributed by atoms with van der Waals surface area (Å²) in [7, 11) is 6.65. The van der Waals surface area contributed by atoms with Gasteiger partial charge in [-0.2, -0.15) is 0 Å². The van der Waals surface area contributed by atoms with E-state index in [2.05, 4.69) is 20.3 Å². The van der Waals surface area contributed by atoms with Crippen LogP contribution in [0, 0.1) is 5.82 Å². The van der Waals surface area contributed by atoms with Crippen molar-refractivity contribution in [1.29, 1.82) is 0 Å². The Morgan fingerprint density at radius 1 is 1.00 bits per heavy atom. The van der Waals surface area contributed by atoms with Gasteiger partial charge in [-0.1, -0.05) is 18.2 Å². The van der Waals surface area contributed by atoms with Crippen LogP contribution in [0.15, 0.2) is 48.7 Å². The number of likely N-dealkylation sites (N-methyl/N-ethyl adjacent to an activating group) is 1. The molecule has 0 unspecified atom stereocenters. The Bertz CT molecular complexity index is 1700. The number of aromatic nitrogens is 3. The topological polar surface area (TPSA) is 110 Å². The van der Waals surface area contributed by atoms with Crippen LogP contribution in [0.4, 0.5) is 30.4 Å². The number of ether oxygens (including phenoxy) is 2. The lowest BCUT2D eigenvalue weighted by Gasteiger charge is -2.23. The number of pyridine rings is 1. The molecule has 45 heavy (non-hydrogen) atoms. The molecule has 0 aliphatic heterocycles. The Hall–Kier alpha value is -4.94. The summed E-state index contributed by atoms with van der Waals surface area (Å²) in [4.78, 5) is 41.5. The van der Waals surface area contributed by atoms with Gasteiger partial charge in [0.05, 0.1) is 49.1 Å². The molecule has 10 nitrogen and oxygen atoms in total. The van der Waals surface area contributed by atoms with Gasteiger partial charge in [0.15, 0.2) is 0 Å². The summed E-state index contributed by atoms with van der Waals surface area (Å²) >= 11 is 0. The Balaban J connectivity index is 1.76. The van der Waals surface area contributed by atoms with Gasteiger partial charge in [-0.3, -0.25) is 9.59 Å². The van der Waals surface area contributed by atoms with Gasteiger partial charge in [0.2, 0.25) is 11.8 Å². The number of hydrogen-bond donors (Lipinski definition) is 1. The summed E-state index contributed by atoms with van der Waals surface area (Å²) in [6, 6.07) is 10.3. The van der Waals surface area contributed by atoms with Gasteiger partial charge >= 0.3 is 5.97 Å². The van der Waals surface area contributed by atoms with E-state index in [9.17, 15) is 18.4 Å². The number of fused-ring (bicyclic) bond motifs is 1. The first-order valence-electron chi connectivity index (χ1n) is 14.2. The fourth-order valence-corrected chi connectivity index (χ4v) is 4.71. The molecule has 2 heterocycles. The number of esters is 1. The van der Waals surface area contributed by atoms with E-state index in [-0.39, 0.29) is 42.6 Å². The van der Waals surface area contributed by atoms with Crippen LogP contribution in [0.2, 0.25) is 0 Å². The number of carbonyl (C=O) groups is 2. The fraction of sp³-hybridized carbons (Fsp3) is 0.344. The lowest BCUT2D eigenvalue weighted by molar-refractivity contribution is -0.142. The molecule has 0 spiro atoms. The van der Waals surface area contributed by atoms with E-state index in [0.29, 0.717) is 33.7 Å². The van der Waals surface area contributed by atoms with Crippen molar-refractivity contribution in [3.05, 3.63) is 77.0 Å². The van der Waals surface area contributed by atoms with Gasteiger partial charge in [0, 0.05) is 43.3 Å². The summed E-state index contributed by atoms with van der Waals surface area (Å²) in [5.41, 5.74) is 1.80. The van der Waals surface area contributed by atoms with E-state index in [0.717, 1.165) is 6.07 Å². The zero-order chi connectivity index (χ0) is 32.8. The van der Waals surface area contributed by atoms with E-state index in [1.807, 2.05) is 24.1 Å². The number of alkyl halides is 2. The summed E-state index contributed by atoms with van der Waals surface area (Å²) in [6.07, 6.45) is -1.46. The fourth-order valence-electron chi connectivity index (χ4n) is 4.71. The van der Waals surface area contributed by atoms with Crippen molar-refractivity contribution >= 4 is 40.0 Å². The average Bonchev–Trinajstić information content (AvgIpc) is 3.00. The van der Waals surface area contributed by atoms with Crippen LogP contribution in [0.25, 0.3) is 10.9 Å². The minimum atomic E-state index is -2.97. The first-order chi connectivity index (χ1) is 21.4. The Labute approximate surface area is 259 Å². The van der Waals surface area contributed by atoms with Crippen molar-refractivity contribution < 1.29 is 32.2 Å². The highest BCUT2D eigenvalue weighted by Crippen LogP contribution is 2.34. The summed E-state index contributed by atoms with van der Waals surface area (Å²) in [5.74, 6) is -0.849. The predicted octanol–water partition coefficient (Wildman–Crippen LogP) is 5.79. The Kier molecular flexibility index (Phi) is 10.4. The van der Waals surface area contributed by atoms with E-state index in [1.165, 1.54) is 24.1 Å². The van der Waals surface area contributed by atoms with Crippen LogP contribution in [0.1, 0.15) is 48.8 Å². The molecule has 2 aromatic heterocycles. The van der Waals surface area contributed by atoms with Crippen LogP contribution in [0.5, 0.6) is 5.88 Å². The first-order valence-corrected chi connectivity index (χ1v) is 14.2. The van der Waals surface area contributed by atoms with Crippen molar-refractivity contribution in [2.45, 2.75) is 39.2 Å². The molecule has 0 fully saturated rings. The van der Waals surface area contributed by atoms with Crippen LogP contribution >= 0.6 is 0 Å². The van der Waals surface area contributed by atoms with Crippen LogP contribution in [-0.2, 0) is 27.2 Å². The van der Waals surface area contributed by atoms with Crippen molar-refractivity contribution in [3.63, 3.8) is 0 Å². The SMILES string of the molecule is CCOC(=O)Cc1nc(N[C@H](C)c2cccc(C(F)F)c2F)c2cc(N(C)c3cnc(OC)c(CC(=O)N(C)C)c3)ccc2n1. The van der Waals surface area contributed by atoms with Crippen LogP contribution in [0.3, 0.4) is 0 Å². The molecule has 0 bridgehead atoms. The highest BCUT2D eigenvalue weighted by molar-refractivity contribution is 5.93. The van der Waals surface area contributed by atoms with Gasteiger partial charge in [0.1, 0.15) is 23.9 Å². The number of methoxy groups -OCH3 is 1. The monoisotopic (exact) mass is 624 g/mol. The molecule has 13 heteroatoms. The Morgan fingerprint density at radius 2 is 1.73 bits per heavy atom. The number of nitrogens with zero attached hydrogens (tertiary/aromatic N) is 5. The van der Waals surface area contributed by atoms with E-state index < -0.39 is 29.8 Å². The molecule has 2 aromatic carbocycles. The standard InChI is InChI=1S/C32H35F3N6O4/c1-7-45-28(43)16-26-38-25-12-11-20(41(5)21-13-19(14-27(42)40(3)4)32(44-6)36-17-21)15-24(25)31(39-26)37-18(2)22-9-8-10-23(29(22)33)30(34)35/h8-13,15,17-18,30H,7,14,16H2,1-6H3,(H,37,38,39)/t18-/m1/s1. The van der Waals surface area contributed by atoms with Gasteiger partial charge in [-0.05, 0) is 38.1 Å². The van der Waals surface area contributed by atoms with Crippen molar-refractivity contribution in [1.82, 2.24) is 19.9 Å². The third-order valence-electron chi connectivity index (χ3n) is 7.17. The molecule has 0 aliphatic rings.